The lowest BCUT2D eigenvalue weighted by Gasteiger charge is -2.37. The van der Waals surface area contributed by atoms with Gasteiger partial charge in [-0.2, -0.15) is 0 Å². The van der Waals surface area contributed by atoms with Crippen molar-refractivity contribution in [3.8, 4) is 0 Å². The van der Waals surface area contributed by atoms with Gasteiger partial charge in [-0.25, -0.2) is 0 Å². The molecule has 1 heterocycles. The molecular weight excluding hydrogens is 258 g/mol. The van der Waals surface area contributed by atoms with Crippen LogP contribution in [0.3, 0.4) is 0 Å². The number of hydrogen-bond acceptors (Lipinski definition) is 3. The predicted octanol–water partition coefficient (Wildman–Crippen LogP) is 2.33. The van der Waals surface area contributed by atoms with Crippen molar-refractivity contribution in [2.24, 2.45) is 11.7 Å². The number of hydrogen-bond donors (Lipinski definition) is 1. The van der Waals surface area contributed by atoms with Crippen molar-refractivity contribution in [1.29, 1.82) is 0 Å². The molecule has 0 amide bonds. The van der Waals surface area contributed by atoms with Crippen LogP contribution in [-0.4, -0.2) is 37.6 Å². The van der Waals surface area contributed by atoms with Gasteiger partial charge in [-0.15, -0.1) is 0 Å². The summed E-state index contributed by atoms with van der Waals surface area (Å²) in [6.07, 6.45) is 2.87. The Morgan fingerprint density at radius 2 is 1.89 bits per heavy atom. The molecule has 3 rings (SSSR count). The molecule has 0 bridgehead atoms. The van der Waals surface area contributed by atoms with E-state index in [1.165, 1.54) is 25.1 Å². The molecule has 1 aliphatic carbocycles. The SMILES string of the molecule is NCc1c(Cl)cccc1N1CCN(CC2CC2)CC1. The molecule has 0 aromatic heterocycles. The lowest BCUT2D eigenvalue weighted by Crippen LogP contribution is -2.47. The van der Waals surface area contributed by atoms with E-state index >= 15 is 0 Å². The van der Waals surface area contributed by atoms with Crippen molar-refractivity contribution in [2.45, 2.75) is 19.4 Å². The highest BCUT2D eigenvalue weighted by Crippen LogP contribution is 2.31. The van der Waals surface area contributed by atoms with Gasteiger partial charge < -0.3 is 10.6 Å². The Labute approximate surface area is 120 Å². The molecule has 0 radical (unpaired) electrons. The van der Waals surface area contributed by atoms with Crippen LogP contribution in [0.5, 0.6) is 0 Å². The van der Waals surface area contributed by atoms with Gasteiger partial charge in [0.05, 0.1) is 0 Å². The highest BCUT2D eigenvalue weighted by Gasteiger charge is 2.26. The van der Waals surface area contributed by atoms with Crippen LogP contribution in [0.1, 0.15) is 18.4 Å². The second-order valence-corrected chi connectivity index (χ2v) is 6.08. The number of halogens is 1. The van der Waals surface area contributed by atoms with E-state index in [0.29, 0.717) is 6.54 Å². The second kappa shape index (κ2) is 5.70. The summed E-state index contributed by atoms with van der Waals surface area (Å²) in [6.45, 7) is 6.30. The fourth-order valence-electron chi connectivity index (χ4n) is 2.88. The molecule has 2 aliphatic rings. The van der Waals surface area contributed by atoms with Crippen LogP contribution in [0.4, 0.5) is 5.69 Å². The zero-order valence-corrected chi connectivity index (χ0v) is 12.1. The first-order chi connectivity index (χ1) is 9.28. The summed E-state index contributed by atoms with van der Waals surface area (Å²) in [5.74, 6) is 0.984. The topological polar surface area (TPSA) is 32.5 Å². The Kier molecular flexibility index (Phi) is 3.96. The van der Waals surface area contributed by atoms with Gasteiger partial charge in [-0.3, -0.25) is 4.90 Å². The number of rotatable bonds is 4. The van der Waals surface area contributed by atoms with E-state index in [1.807, 2.05) is 12.1 Å². The first-order valence-corrected chi connectivity index (χ1v) is 7.60. The zero-order valence-electron chi connectivity index (χ0n) is 11.3. The Morgan fingerprint density at radius 1 is 1.16 bits per heavy atom. The lowest BCUT2D eigenvalue weighted by molar-refractivity contribution is 0.248. The van der Waals surface area contributed by atoms with Gasteiger partial charge >= 0.3 is 0 Å². The van der Waals surface area contributed by atoms with Crippen LogP contribution in [0.2, 0.25) is 5.02 Å². The van der Waals surface area contributed by atoms with Crippen LogP contribution in [0.15, 0.2) is 18.2 Å². The third-order valence-electron chi connectivity index (χ3n) is 4.22. The summed E-state index contributed by atoms with van der Waals surface area (Å²) in [7, 11) is 0. The van der Waals surface area contributed by atoms with E-state index in [2.05, 4.69) is 15.9 Å². The Bertz CT molecular complexity index is 437. The van der Waals surface area contributed by atoms with Crippen LogP contribution < -0.4 is 10.6 Å². The minimum absolute atomic E-state index is 0.511. The average Bonchev–Trinajstić information content (AvgIpc) is 3.23. The Morgan fingerprint density at radius 3 is 2.53 bits per heavy atom. The Balaban J connectivity index is 1.65. The molecule has 3 nitrogen and oxygen atoms in total. The molecular formula is C15H22ClN3. The van der Waals surface area contributed by atoms with Gasteiger partial charge in [0.2, 0.25) is 0 Å². The van der Waals surface area contributed by atoms with Crippen LogP contribution in [0.25, 0.3) is 0 Å². The summed E-state index contributed by atoms with van der Waals surface area (Å²) in [4.78, 5) is 5.03. The summed E-state index contributed by atoms with van der Waals surface area (Å²) in [5, 5.41) is 0.792. The molecule has 1 aromatic rings. The third-order valence-corrected chi connectivity index (χ3v) is 4.58. The van der Waals surface area contributed by atoms with Gasteiger partial charge in [0, 0.05) is 55.5 Å². The van der Waals surface area contributed by atoms with Crippen LogP contribution in [-0.2, 0) is 6.54 Å². The fourth-order valence-corrected chi connectivity index (χ4v) is 3.13. The summed E-state index contributed by atoms with van der Waals surface area (Å²) < 4.78 is 0. The average molecular weight is 280 g/mol. The van der Waals surface area contributed by atoms with Crippen molar-refractivity contribution in [1.82, 2.24) is 4.90 Å². The van der Waals surface area contributed by atoms with Crippen LogP contribution in [0, 0.1) is 5.92 Å². The van der Waals surface area contributed by atoms with E-state index in [4.69, 9.17) is 17.3 Å². The van der Waals surface area contributed by atoms with Crippen molar-refractivity contribution < 1.29 is 0 Å². The van der Waals surface area contributed by atoms with E-state index < -0.39 is 0 Å². The zero-order chi connectivity index (χ0) is 13.2. The number of benzene rings is 1. The molecule has 0 unspecified atom stereocenters. The van der Waals surface area contributed by atoms with Crippen molar-refractivity contribution in [3.63, 3.8) is 0 Å². The van der Waals surface area contributed by atoms with Gasteiger partial charge in [-0.05, 0) is 30.9 Å². The van der Waals surface area contributed by atoms with Crippen molar-refractivity contribution in [2.75, 3.05) is 37.6 Å². The van der Waals surface area contributed by atoms with Gasteiger partial charge in [-0.1, -0.05) is 17.7 Å². The second-order valence-electron chi connectivity index (χ2n) is 5.67. The summed E-state index contributed by atoms with van der Waals surface area (Å²) in [6, 6.07) is 6.09. The fraction of sp³-hybridized carbons (Fsp3) is 0.600. The third kappa shape index (κ3) is 3.04. The molecule has 0 atom stereocenters. The molecule has 104 valence electrons. The molecule has 0 spiro atoms. The van der Waals surface area contributed by atoms with Crippen molar-refractivity contribution >= 4 is 17.3 Å². The normalized spacial score (nSPS) is 20.8. The molecule has 19 heavy (non-hydrogen) atoms. The number of anilines is 1. The van der Waals surface area contributed by atoms with E-state index in [1.54, 1.807) is 0 Å². The summed E-state index contributed by atoms with van der Waals surface area (Å²) in [5.41, 5.74) is 8.14. The Hall–Kier alpha value is -0.770. The lowest BCUT2D eigenvalue weighted by atomic mass is 10.1. The minimum Gasteiger partial charge on any atom is -0.369 e. The van der Waals surface area contributed by atoms with E-state index in [9.17, 15) is 0 Å². The van der Waals surface area contributed by atoms with E-state index in [-0.39, 0.29) is 0 Å². The first kappa shape index (κ1) is 13.2. The molecule has 1 saturated carbocycles. The maximum Gasteiger partial charge on any atom is 0.0471 e. The molecule has 2 N–H and O–H groups in total. The monoisotopic (exact) mass is 279 g/mol. The van der Waals surface area contributed by atoms with E-state index in [0.717, 1.165) is 42.7 Å². The molecule has 1 aromatic carbocycles. The van der Waals surface area contributed by atoms with Gasteiger partial charge in [0.15, 0.2) is 0 Å². The maximum absolute atomic E-state index is 6.24. The highest BCUT2D eigenvalue weighted by molar-refractivity contribution is 6.31. The molecule has 2 fully saturated rings. The molecule has 1 saturated heterocycles. The number of piperazine rings is 1. The largest absolute Gasteiger partial charge is 0.369 e. The highest BCUT2D eigenvalue weighted by atomic mass is 35.5. The standard InChI is InChI=1S/C15H22ClN3/c16-14-2-1-3-15(13(14)10-17)19-8-6-18(7-9-19)11-12-4-5-12/h1-3,12H,4-11,17H2. The number of nitrogens with zero attached hydrogens (tertiary/aromatic N) is 2. The van der Waals surface area contributed by atoms with Crippen LogP contribution >= 0.6 is 11.6 Å². The quantitative estimate of drug-likeness (QED) is 0.918. The van der Waals surface area contributed by atoms with Gasteiger partial charge in [0.1, 0.15) is 0 Å². The maximum atomic E-state index is 6.24. The molecule has 4 heteroatoms. The smallest absolute Gasteiger partial charge is 0.0471 e. The first-order valence-electron chi connectivity index (χ1n) is 7.22. The summed E-state index contributed by atoms with van der Waals surface area (Å²) >= 11 is 6.24. The van der Waals surface area contributed by atoms with Crippen molar-refractivity contribution in [3.05, 3.63) is 28.8 Å². The molecule has 1 aliphatic heterocycles. The minimum atomic E-state index is 0.511. The van der Waals surface area contributed by atoms with Gasteiger partial charge in [0.25, 0.3) is 0 Å². The number of nitrogens with two attached hydrogens (primary N) is 1. The predicted molar refractivity (Wildman–Crippen MR) is 80.7 cm³/mol.